The van der Waals surface area contributed by atoms with Crippen molar-refractivity contribution in [1.82, 2.24) is 24.6 Å². The fourth-order valence-corrected chi connectivity index (χ4v) is 3.06. The second kappa shape index (κ2) is 5.87. The molecule has 0 N–H and O–H groups in total. The standard InChI is InChI=1S/C16H21N5O/c1-11-7-17-8-15(18-11)13-5-4-6-21(9-13)16(22)14-10-20(3)19-12(14)2/h7-8,10,13H,4-6,9H2,1-3H3/t13-/m0/s1. The van der Waals surface area contributed by atoms with Crippen molar-refractivity contribution in [3.63, 3.8) is 0 Å². The van der Waals surface area contributed by atoms with E-state index in [1.165, 1.54) is 0 Å². The molecule has 0 radical (unpaired) electrons. The van der Waals surface area contributed by atoms with Crippen molar-refractivity contribution in [3.8, 4) is 0 Å². The average molecular weight is 299 g/mol. The Morgan fingerprint density at radius 1 is 1.32 bits per heavy atom. The third-order valence-electron chi connectivity index (χ3n) is 4.14. The van der Waals surface area contributed by atoms with Crippen molar-refractivity contribution in [2.45, 2.75) is 32.6 Å². The van der Waals surface area contributed by atoms with Crippen LogP contribution in [0.5, 0.6) is 0 Å². The van der Waals surface area contributed by atoms with Gasteiger partial charge in [0, 0.05) is 44.6 Å². The molecule has 2 aromatic heterocycles. The van der Waals surface area contributed by atoms with Gasteiger partial charge in [-0.3, -0.25) is 19.4 Å². The fraction of sp³-hybridized carbons (Fsp3) is 0.500. The van der Waals surface area contributed by atoms with Crippen LogP contribution in [0.15, 0.2) is 18.6 Å². The molecule has 1 fully saturated rings. The molecular formula is C16H21N5O. The number of aromatic nitrogens is 4. The molecule has 2 aromatic rings. The molecule has 0 unspecified atom stereocenters. The summed E-state index contributed by atoms with van der Waals surface area (Å²) >= 11 is 0. The molecule has 6 nitrogen and oxygen atoms in total. The largest absolute Gasteiger partial charge is 0.338 e. The van der Waals surface area contributed by atoms with Gasteiger partial charge in [-0.15, -0.1) is 0 Å². The van der Waals surface area contributed by atoms with Crippen molar-refractivity contribution in [3.05, 3.63) is 41.2 Å². The van der Waals surface area contributed by atoms with Crippen LogP contribution in [0.4, 0.5) is 0 Å². The van der Waals surface area contributed by atoms with Crippen LogP contribution < -0.4 is 0 Å². The number of piperidine rings is 1. The first-order valence-corrected chi connectivity index (χ1v) is 7.62. The summed E-state index contributed by atoms with van der Waals surface area (Å²) in [5.41, 5.74) is 3.38. The van der Waals surface area contributed by atoms with Crippen LogP contribution in [-0.2, 0) is 7.05 Å². The molecule has 0 saturated carbocycles. The maximum absolute atomic E-state index is 12.7. The van der Waals surface area contributed by atoms with E-state index in [1.54, 1.807) is 17.1 Å². The summed E-state index contributed by atoms with van der Waals surface area (Å²) in [6, 6.07) is 0. The Bertz CT molecular complexity index is 694. The molecule has 0 aliphatic carbocycles. The second-order valence-electron chi connectivity index (χ2n) is 5.98. The summed E-state index contributed by atoms with van der Waals surface area (Å²) in [4.78, 5) is 23.4. The van der Waals surface area contributed by atoms with Crippen molar-refractivity contribution < 1.29 is 4.79 Å². The van der Waals surface area contributed by atoms with Crippen molar-refractivity contribution in [2.24, 2.45) is 7.05 Å². The zero-order valence-electron chi connectivity index (χ0n) is 13.3. The third-order valence-corrected chi connectivity index (χ3v) is 4.14. The van der Waals surface area contributed by atoms with E-state index in [1.807, 2.05) is 32.0 Å². The smallest absolute Gasteiger partial charge is 0.257 e. The highest BCUT2D eigenvalue weighted by Crippen LogP contribution is 2.26. The number of carbonyl (C=O) groups excluding carboxylic acids is 1. The minimum absolute atomic E-state index is 0.0657. The molecule has 1 aliphatic rings. The first-order valence-electron chi connectivity index (χ1n) is 7.62. The monoisotopic (exact) mass is 299 g/mol. The van der Waals surface area contributed by atoms with Crippen molar-refractivity contribution in [1.29, 1.82) is 0 Å². The Labute approximate surface area is 130 Å². The normalized spacial score (nSPS) is 18.5. The topological polar surface area (TPSA) is 63.9 Å². The zero-order valence-corrected chi connectivity index (χ0v) is 13.3. The SMILES string of the molecule is Cc1cncc([C@H]2CCCN(C(=O)c3cn(C)nc3C)C2)n1. The quantitative estimate of drug-likeness (QED) is 0.849. The minimum Gasteiger partial charge on any atom is -0.338 e. The molecule has 1 amide bonds. The van der Waals surface area contributed by atoms with Gasteiger partial charge in [-0.1, -0.05) is 0 Å². The summed E-state index contributed by atoms with van der Waals surface area (Å²) in [6.07, 6.45) is 7.42. The van der Waals surface area contributed by atoms with Gasteiger partial charge in [-0.25, -0.2) is 0 Å². The Kier molecular flexibility index (Phi) is 3.92. The summed E-state index contributed by atoms with van der Waals surface area (Å²) in [5.74, 6) is 0.331. The Hall–Kier alpha value is -2.24. The predicted octanol–water partition coefficient (Wildman–Crippen LogP) is 1.85. The number of carbonyl (C=O) groups is 1. The lowest BCUT2D eigenvalue weighted by Crippen LogP contribution is -2.39. The third kappa shape index (κ3) is 2.86. The maximum Gasteiger partial charge on any atom is 0.257 e. The van der Waals surface area contributed by atoms with Gasteiger partial charge in [0.1, 0.15) is 0 Å². The van der Waals surface area contributed by atoms with Crippen LogP contribution >= 0.6 is 0 Å². The van der Waals surface area contributed by atoms with Gasteiger partial charge < -0.3 is 4.90 Å². The minimum atomic E-state index is 0.0657. The molecule has 116 valence electrons. The van der Waals surface area contributed by atoms with E-state index in [9.17, 15) is 4.79 Å². The van der Waals surface area contributed by atoms with E-state index in [4.69, 9.17) is 0 Å². The molecule has 3 rings (SSSR count). The van der Waals surface area contributed by atoms with Gasteiger partial charge in [0.2, 0.25) is 0 Å². The number of nitrogens with zero attached hydrogens (tertiary/aromatic N) is 5. The average Bonchev–Trinajstić information content (AvgIpc) is 2.85. The Morgan fingerprint density at radius 2 is 2.14 bits per heavy atom. The molecule has 1 saturated heterocycles. The lowest BCUT2D eigenvalue weighted by molar-refractivity contribution is 0.0705. The predicted molar refractivity (Wildman–Crippen MR) is 82.6 cm³/mol. The van der Waals surface area contributed by atoms with Gasteiger partial charge in [0.15, 0.2) is 0 Å². The van der Waals surface area contributed by atoms with E-state index < -0.39 is 0 Å². The van der Waals surface area contributed by atoms with Crippen LogP contribution in [0.3, 0.4) is 0 Å². The molecule has 22 heavy (non-hydrogen) atoms. The first kappa shape index (κ1) is 14.7. The van der Waals surface area contributed by atoms with Gasteiger partial charge in [0.05, 0.1) is 22.6 Å². The summed E-state index contributed by atoms with van der Waals surface area (Å²) < 4.78 is 1.69. The van der Waals surface area contributed by atoms with Gasteiger partial charge in [-0.2, -0.15) is 5.10 Å². The van der Waals surface area contributed by atoms with E-state index in [2.05, 4.69) is 15.1 Å². The van der Waals surface area contributed by atoms with Gasteiger partial charge >= 0.3 is 0 Å². The molecule has 1 aliphatic heterocycles. The molecule has 1 atom stereocenters. The molecular weight excluding hydrogens is 278 g/mol. The highest BCUT2D eigenvalue weighted by atomic mass is 16.2. The Morgan fingerprint density at radius 3 is 2.82 bits per heavy atom. The maximum atomic E-state index is 12.7. The van der Waals surface area contributed by atoms with Crippen LogP contribution in [0.2, 0.25) is 0 Å². The van der Waals surface area contributed by atoms with Gasteiger partial charge in [-0.05, 0) is 26.7 Å². The molecule has 3 heterocycles. The molecule has 6 heteroatoms. The fourth-order valence-electron chi connectivity index (χ4n) is 3.06. The van der Waals surface area contributed by atoms with Crippen molar-refractivity contribution >= 4 is 5.91 Å². The summed E-state index contributed by atoms with van der Waals surface area (Å²) in [5, 5.41) is 4.26. The van der Waals surface area contributed by atoms with E-state index in [0.717, 1.165) is 36.5 Å². The number of hydrogen-bond donors (Lipinski definition) is 0. The molecule has 0 spiro atoms. The number of amides is 1. The van der Waals surface area contributed by atoms with E-state index >= 15 is 0 Å². The lowest BCUT2D eigenvalue weighted by atomic mass is 9.94. The molecule has 0 bridgehead atoms. The zero-order chi connectivity index (χ0) is 15.7. The highest BCUT2D eigenvalue weighted by Gasteiger charge is 2.28. The van der Waals surface area contributed by atoms with E-state index in [-0.39, 0.29) is 11.8 Å². The van der Waals surface area contributed by atoms with Crippen LogP contribution in [0, 0.1) is 13.8 Å². The van der Waals surface area contributed by atoms with E-state index in [0.29, 0.717) is 12.1 Å². The summed E-state index contributed by atoms with van der Waals surface area (Å²) in [6.45, 7) is 5.32. The number of likely N-dealkylation sites (tertiary alicyclic amines) is 1. The molecule has 0 aromatic carbocycles. The highest BCUT2D eigenvalue weighted by molar-refractivity contribution is 5.95. The number of rotatable bonds is 2. The number of hydrogen-bond acceptors (Lipinski definition) is 4. The Balaban J connectivity index is 1.78. The van der Waals surface area contributed by atoms with Crippen LogP contribution in [0.25, 0.3) is 0 Å². The van der Waals surface area contributed by atoms with Gasteiger partial charge in [0.25, 0.3) is 5.91 Å². The lowest BCUT2D eigenvalue weighted by Gasteiger charge is -2.32. The first-order chi connectivity index (χ1) is 10.5. The second-order valence-corrected chi connectivity index (χ2v) is 5.98. The number of aryl methyl sites for hydroxylation is 3. The van der Waals surface area contributed by atoms with Crippen molar-refractivity contribution in [2.75, 3.05) is 13.1 Å². The van der Waals surface area contributed by atoms with Crippen LogP contribution in [0.1, 0.15) is 46.2 Å². The summed E-state index contributed by atoms with van der Waals surface area (Å²) in [7, 11) is 1.84. The van der Waals surface area contributed by atoms with Crippen LogP contribution in [-0.4, -0.2) is 43.6 Å².